The van der Waals surface area contributed by atoms with E-state index in [-0.39, 0.29) is 0 Å². The summed E-state index contributed by atoms with van der Waals surface area (Å²) in [5.41, 5.74) is 1.48. The second-order valence-electron chi connectivity index (χ2n) is 5.40. The number of nitrogens with zero attached hydrogens (tertiary/aromatic N) is 1. The Morgan fingerprint density at radius 1 is 1.06 bits per heavy atom. The first-order chi connectivity index (χ1) is 8.86. The summed E-state index contributed by atoms with van der Waals surface area (Å²) in [6.07, 6.45) is 24.2. The molecule has 94 valence electrons. The highest BCUT2D eigenvalue weighted by atomic mass is 15.1. The van der Waals surface area contributed by atoms with Crippen LogP contribution in [-0.2, 0) is 0 Å². The summed E-state index contributed by atoms with van der Waals surface area (Å²) in [5, 5.41) is 0. The maximum atomic E-state index is 2.46. The van der Waals surface area contributed by atoms with Gasteiger partial charge >= 0.3 is 0 Å². The van der Waals surface area contributed by atoms with Gasteiger partial charge in [0.25, 0.3) is 0 Å². The Morgan fingerprint density at radius 3 is 2.83 bits per heavy atom. The lowest BCUT2D eigenvalue weighted by Crippen LogP contribution is -2.35. The van der Waals surface area contributed by atoms with Crippen LogP contribution >= 0.6 is 0 Å². The van der Waals surface area contributed by atoms with Gasteiger partial charge in [0.05, 0.1) is 6.04 Å². The van der Waals surface area contributed by atoms with Crippen LogP contribution in [0.2, 0.25) is 0 Å². The lowest BCUT2D eigenvalue weighted by molar-refractivity contribution is 0.292. The van der Waals surface area contributed by atoms with E-state index in [0.29, 0.717) is 17.9 Å². The molecule has 0 heterocycles. The number of allylic oxidation sites excluding steroid dienone is 7. The number of rotatable bonds is 2. The zero-order valence-electron chi connectivity index (χ0n) is 11.0. The van der Waals surface area contributed by atoms with Gasteiger partial charge in [-0.2, -0.15) is 0 Å². The maximum Gasteiger partial charge on any atom is 0.0504 e. The third-order valence-corrected chi connectivity index (χ3v) is 4.30. The fraction of sp³-hybridized carbons (Fsp3) is 0.412. The van der Waals surface area contributed by atoms with Crippen molar-refractivity contribution in [1.82, 2.24) is 4.90 Å². The molecule has 1 nitrogen and oxygen atoms in total. The van der Waals surface area contributed by atoms with Crippen molar-refractivity contribution in [2.75, 3.05) is 7.05 Å². The number of fused-ring (bicyclic) bond motifs is 1. The molecule has 3 atom stereocenters. The Labute approximate surface area is 110 Å². The van der Waals surface area contributed by atoms with E-state index in [9.17, 15) is 0 Å². The molecular formula is C17H21N. The van der Waals surface area contributed by atoms with Crippen LogP contribution in [-0.4, -0.2) is 18.0 Å². The zero-order chi connectivity index (χ0) is 12.4. The van der Waals surface area contributed by atoms with Gasteiger partial charge in [0.1, 0.15) is 0 Å². The van der Waals surface area contributed by atoms with Gasteiger partial charge in [-0.1, -0.05) is 48.6 Å². The average molecular weight is 239 g/mol. The molecule has 2 unspecified atom stereocenters. The minimum atomic E-state index is 0.517. The first-order valence-corrected chi connectivity index (χ1v) is 6.97. The van der Waals surface area contributed by atoms with Crippen LogP contribution in [0.5, 0.6) is 0 Å². The highest BCUT2D eigenvalue weighted by Gasteiger charge is 2.28. The van der Waals surface area contributed by atoms with Gasteiger partial charge in [-0.3, -0.25) is 0 Å². The lowest BCUT2D eigenvalue weighted by Gasteiger charge is -2.38. The van der Waals surface area contributed by atoms with Crippen molar-refractivity contribution >= 4 is 0 Å². The summed E-state index contributed by atoms with van der Waals surface area (Å²) >= 11 is 0. The van der Waals surface area contributed by atoms with E-state index in [2.05, 4.69) is 66.6 Å². The first-order valence-electron chi connectivity index (χ1n) is 6.97. The minimum absolute atomic E-state index is 0.517. The van der Waals surface area contributed by atoms with Crippen molar-refractivity contribution in [3.63, 3.8) is 0 Å². The zero-order valence-corrected chi connectivity index (χ0v) is 11.0. The van der Waals surface area contributed by atoms with Crippen LogP contribution in [0.25, 0.3) is 0 Å². The van der Waals surface area contributed by atoms with Crippen LogP contribution in [0, 0.1) is 11.8 Å². The van der Waals surface area contributed by atoms with Gasteiger partial charge in [0.2, 0.25) is 0 Å². The van der Waals surface area contributed by atoms with Crippen molar-refractivity contribution in [3.05, 3.63) is 60.4 Å². The maximum absolute atomic E-state index is 2.46. The molecule has 0 aromatic rings. The van der Waals surface area contributed by atoms with E-state index in [0.717, 1.165) is 6.42 Å². The standard InChI is InChI=1S/C17H21N/c1-18(15-10-3-2-4-11-15)17-13-7-9-14-8-5-6-12-16(14)17/h2-4,6-7,9-10,12-16H,5,8,11H2,1H3/t14?,15?,16-/m0/s1. The third kappa shape index (κ3) is 2.10. The molecule has 0 aromatic carbocycles. The van der Waals surface area contributed by atoms with E-state index in [4.69, 9.17) is 0 Å². The second kappa shape index (κ2) is 5.01. The Balaban J connectivity index is 1.82. The molecule has 3 aliphatic rings. The minimum Gasteiger partial charge on any atom is -0.371 e. The Morgan fingerprint density at radius 2 is 2.00 bits per heavy atom. The van der Waals surface area contributed by atoms with E-state index < -0.39 is 0 Å². The molecule has 0 fully saturated rings. The highest BCUT2D eigenvalue weighted by Crippen LogP contribution is 2.36. The summed E-state index contributed by atoms with van der Waals surface area (Å²) < 4.78 is 0. The smallest absolute Gasteiger partial charge is 0.0504 e. The second-order valence-corrected chi connectivity index (χ2v) is 5.40. The summed E-state index contributed by atoms with van der Waals surface area (Å²) in [6.45, 7) is 0. The highest BCUT2D eigenvalue weighted by molar-refractivity contribution is 5.29. The molecule has 18 heavy (non-hydrogen) atoms. The van der Waals surface area contributed by atoms with Gasteiger partial charge < -0.3 is 4.90 Å². The molecule has 3 aliphatic carbocycles. The van der Waals surface area contributed by atoms with Crippen LogP contribution in [0.15, 0.2) is 60.4 Å². The van der Waals surface area contributed by atoms with Gasteiger partial charge in [-0.15, -0.1) is 0 Å². The van der Waals surface area contributed by atoms with Gasteiger partial charge in [-0.05, 0) is 31.3 Å². The fourth-order valence-electron chi connectivity index (χ4n) is 3.19. The van der Waals surface area contributed by atoms with Crippen molar-refractivity contribution < 1.29 is 0 Å². The lowest BCUT2D eigenvalue weighted by atomic mass is 9.78. The van der Waals surface area contributed by atoms with Crippen molar-refractivity contribution in [2.24, 2.45) is 11.8 Å². The molecule has 0 saturated heterocycles. The molecule has 0 bridgehead atoms. The fourth-order valence-corrected chi connectivity index (χ4v) is 3.19. The molecule has 0 spiro atoms. The van der Waals surface area contributed by atoms with Gasteiger partial charge in [0.15, 0.2) is 0 Å². The van der Waals surface area contributed by atoms with Crippen molar-refractivity contribution in [2.45, 2.75) is 25.3 Å². The third-order valence-electron chi connectivity index (χ3n) is 4.30. The summed E-state index contributed by atoms with van der Waals surface area (Å²) in [5.74, 6) is 1.30. The van der Waals surface area contributed by atoms with Crippen LogP contribution < -0.4 is 0 Å². The van der Waals surface area contributed by atoms with Gasteiger partial charge in [-0.25, -0.2) is 0 Å². The normalized spacial score (nSPS) is 33.2. The molecular weight excluding hydrogens is 218 g/mol. The number of likely N-dealkylation sites (N-methyl/N-ethyl adjacent to an activating group) is 1. The predicted octanol–water partition coefficient (Wildman–Crippen LogP) is 3.84. The quantitative estimate of drug-likeness (QED) is 0.662. The molecule has 1 heteroatoms. The Hall–Kier alpha value is -1.50. The van der Waals surface area contributed by atoms with E-state index in [1.54, 1.807) is 0 Å². The molecule has 0 radical (unpaired) electrons. The van der Waals surface area contributed by atoms with Crippen LogP contribution in [0.1, 0.15) is 19.3 Å². The van der Waals surface area contributed by atoms with Crippen molar-refractivity contribution in [1.29, 1.82) is 0 Å². The molecule has 3 rings (SSSR count). The first kappa shape index (κ1) is 11.6. The Bertz CT molecular complexity index is 450. The summed E-state index contributed by atoms with van der Waals surface area (Å²) in [4.78, 5) is 2.46. The van der Waals surface area contributed by atoms with E-state index in [1.807, 2.05) is 0 Å². The van der Waals surface area contributed by atoms with Gasteiger partial charge in [0, 0.05) is 18.7 Å². The topological polar surface area (TPSA) is 3.24 Å². The monoisotopic (exact) mass is 239 g/mol. The molecule has 0 aliphatic heterocycles. The summed E-state index contributed by atoms with van der Waals surface area (Å²) in [6, 6.07) is 0.517. The van der Waals surface area contributed by atoms with E-state index in [1.165, 1.54) is 18.5 Å². The van der Waals surface area contributed by atoms with Crippen LogP contribution in [0.3, 0.4) is 0 Å². The van der Waals surface area contributed by atoms with Crippen molar-refractivity contribution in [3.8, 4) is 0 Å². The molecule has 0 N–H and O–H groups in total. The number of hydrogen-bond acceptors (Lipinski definition) is 1. The predicted molar refractivity (Wildman–Crippen MR) is 77.0 cm³/mol. The average Bonchev–Trinajstić information content (AvgIpc) is 2.47. The SMILES string of the molecule is CN(C1=CC=CC2CCC=C[C@H]12)C1C=CC=CC1. The summed E-state index contributed by atoms with van der Waals surface area (Å²) in [7, 11) is 2.23. The molecule has 0 amide bonds. The Kier molecular flexibility index (Phi) is 3.22. The molecule has 0 saturated carbocycles. The van der Waals surface area contributed by atoms with E-state index >= 15 is 0 Å². The van der Waals surface area contributed by atoms with Crippen LogP contribution in [0.4, 0.5) is 0 Å². The largest absolute Gasteiger partial charge is 0.371 e. The molecule has 0 aromatic heterocycles. The number of hydrogen-bond donors (Lipinski definition) is 0.